The highest BCUT2D eigenvalue weighted by molar-refractivity contribution is 7.89. The second-order valence-corrected chi connectivity index (χ2v) is 11.2. The molecule has 0 spiro atoms. The third-order valence-electron chi connectivity index (χ3n) is 7.21. The number of ether oxygens (including phenoxy) is 1. The van der Waals surface area contributed by atoms with E-state index in [2.05, 4.69) is 15.2 Å². The highest BCUT2D eigenvalue weighted by Gasteiger charge is 2.42. The molecule has 1 aromatic carbocycles. The number of methoxy groups -OCH3 is 1. The number of nitrogens with zero attached hydrogens (tertiary/aromatic N) is 5. The summed E-state index contributed by atoms with van der Waals surface area (Å²) in [5, 5.41) is 7.49. The van der Waals surface area contributed by atoms with Gasteiger partial charge in [0.15, 0.2) is 5.78 Å². The molecule has 2 heterocycles. The summed E-state index contributed by atoms with van der Waals surface area (Å²) < 4.78 is 47.7. The Kier molecular flexibility index (Phi) is 8.56. The minimum Gasteiger partial charge on any atom is -0.496 e. The maximum Gasteiger partial charge on any atom is 0.264 e. The van der Waals surface area contributed by atoms with Crippen molar-refractivity contribution >= 4 is 28.2 Å². The van der Waals surface area contributed by atoms with E-state index in [4.69, 9.17) is 4.74 Å². The Morgan fingerprint density at radius 3 is 2.40 bits per heavy atom. The molecule has 1 aromatic heterocycles. The van der Waals surface area contributed by atoms with Crippen LogP contribution in [0, 0.1) is 12.7 Å². The van der Waals surface area contributed by atoms with Gasteiger partial charge in [-0.25, -0.2) is 12.8 Å². The molecule has 2 fully saturated rings. The summed E-state index contributed by atoms with van der Waals surface area (Å²) in [7, 11) is -0.593. The SMILES string of the molecule is COc1cc(F)cc(C)c1C(=O)CCC1(N2CCN(S(=O)(=O)c3cn(C)nn3)CC2)CCCC1.Cl. The van der Waals surface area contributed by atoms with E-state index >= 15 is 0 Å². The molecule has 35 heavy (non-hydrogen) atoms. The second kappa shape index (κ2) is 10.9. The number of Topliss-reactive ketones (excluding diaryl/α,β-unsaturated/α-hetero) is 1. The number of carbonyl (C=O) groups is 1. The van der Waals surface area contributed by atoms with E-state index in [-0.39, 0.29) is 34.5 Å². The highest BCUT2D eigenvalue weighted by atomic mass is 35.5. The van der Waals surface area contributed by atoms with Crippen molar-refractivity contribution in [2.75, 3.05) is 33.3 Å². The largest absolute Gasteiger partial charge is 0.496 e. The van der Waals surface area contributed by atoms with Gasteiger partial charge < -0.3 is 4.74 Å². The monoisotopic (exact) mass is 529 g/mol. The fourth-order valence-electron chi connectivity index (χ4n) is 5.44. The maximum absolute atomic E-state index is 13.8. The number of aryl methyl sites for hydroxylation is 2. The zero-order valence-corrected chi connectivity index (χ0v) is 22.0. The molecule has 12 heteroatoms. The van der Waals surface area contributed by atoms with Crippen LogP contribution in [0.5, 0.6) is 5.75 Å². The van der Waals surface area contributed by atoms with Crippen LogP contribution in [0.3, 0.4) is 0 Å². The number of aromatic nitrogens is 3. The molecule has 0 N–H and O–H groups in total. The lowest BCUT2D eigenvalue weighted by atomic mass is 9.86. The Hall–Kier alpha value is -2.08. The van der Waals surface area contributed by atoms with Gasteiger partial charge in [0.05, 0.1) is 18.9 Å². The summed E-state index contributed by atoms with van der Waals surface area (Å²) in [4.78, 5) is 15.5. The molecule has 0 radical (unpaired) electrons. The second-order valence-electron chi connectivity index (χ2n) is 9.28. The molecule has 1 aliphatic carbocycles. The highest BCUT2D eigenvalue weighted by Crippen LogP contribution is 2.40. The number of rotatable bonds is 8. The summed E-state index contributed by atoms with van der Waals surface area (Å²) in [6.45, 7) is 3.68. The van der Waals surface area contributed by atoms with Gasteiger partial charge in [0.2, 0.25) is 5.03 Å². The van der Waals surface area contributed by atoms with Crippen molar-refractivity contribution < 1.29 is 22.3 Å². The first-order chi connectivity index (χ1) is 16.2. The van der Waals surface area contributed by atoms with Gasteiger partial charge in [-0.15, -0.1) is 17.5 Å². The summed E-state index contributed by atoms with van der Waals surface area (Å²) in [5.41, 5.74) is 0.890. The van der Waals surface area contributed by atoms with Crippen LogP contribution in [0.15, 0.2) is 23.4 Å². The van der Waals surface area contributed by atoms with Gasteiger partial charge in [-0.2, -0.15) is 4.31 Å². The molecule has 1 saturated carbocycles. The van der Waals surface area contributed by atoms with Crippen molar-refractivity contribution in [1.82, 2.24) is 24.2 Å². The van der Waals surface area contributed by atoms with E-state index in [1.165, 1.54) is 34.4 Å². The lowest BCUT2D eigenvalue weighted by Crippen LogP contribution is -2.57. The normalized spacial score (nSPS) is 18.9. The molecule has 1 saturated heterocycles. The van der Waals surface area contributed by atoms with Crippen molar-refractivity contribution in [3.63, 3.8) is 0 Å². The maximum atomic E-state index is 13.8. The quantitative estimate of drug-likeness (QED) is 0.485. The smallest absolute Gasteiger partial charge is 0.264 e. The Morgan fingerprint density at radius 1 is 1.17 bits per heavy atom. The molecule has 0 unspecified atom stereocenters. The van der Waals surface area contributed by atoms with Crippen LogP contribution in [-0.2, 0) is 17.1 Å². The number of carbonyl (C=O) groups excluding carboxylic acids is 1. The molecule has 2 aromatic rings. The molecular formula is C23H33ClFN5O4S. The van der Waals surface area contributed by atoms with Crippen LogP contribution in [0.4, 0.5) is 4.39 Å². The topological polar surface area (TPSA) is 97.6 Å². The van der Waals surface area contributed by atoms with Gasteiger partial charge in [-0.1, -0.05) is 18.1 Å². The fourth-order valence-corrected chi connectivity index (χ4v) is 6.77. The van der Waals surface area contributed by atoms with Gasteiger partial charge in [-0.05, 0) is 37.8 Å². The van der Waals surface area contributed by atoms with Gasteiger partial charge in [0, 0.05) is 51.3 Å². The van der Waals surface area contributed by atoms with Crippen LogP contribution in [-0.4, -0.2) is 77.2 Å². The minimum absolute atomic E-state index is 0. The fraction of sp³-hybridized carbons (Fsp3) is 0.609. The number of piperazine rings is 1. The molecule has 9 nitrogen and oxygen atoms in total. The Bertz CT molecular complexity index is 1160. The van der Waals surface area contributed by atoms with E-state index < -0.39 is 15.8 Å². The lowest BCUT2D eigenvalue weighted by molar-refractivity contribution is 0.0475. The molecule has 2 aliphatic rings. The number of benzene rings is 1. The van der Waals surface area contributed by atoms with Crippen LogP contribution >= 0.6 is 12.4 Å². The lowest BCUT2D eigenvalue weighted by Gasteiger charge is -2.45. The summed E-state index contributed by atoms with van der Waals surface area (Å²) >= 11 is 0. The number of hydrogen-bond acceptors (Lipinski definition) is 7. The third-order valence-corrected chi connectivity index (χ3v) is 8.97. The predicted octanol–water partition coefficient (Wildman–Crippen LogP) is 2.98. The van der Waals surface area contributed by atoms with Crippen molar-refractivity contribution in [2.45, 2.75) is 56.0 Å². The van der Waals surface area contributed by atoms with Crippen LogP contribution in [0.25, 0.3) is 0 Å². The van der Waals surface area contributed by atoms with Crippen LogP contribution in [0.2, 0.25) is 0 Å². The van der Waals surface area contributed by atoms with E-state index in [0.29, 0.717) is 50.1 Å². The van der Waals surface area contributed by atoms with Gasteiger partial charge in [0.1, 0.15) is 11.6 Å². The zero-order valence-electron chi connectivity index (χ0n) is 20.4. The molecule has 0 atom stereocenters. The first-order valence-corrected chi connectivity index (χ1v) is 13.1. The molecular weight excluding hydrogens is 497 g/mol. The first kappa shape index (κ1) is 27.5. The van der Waals surface area contributed by atoms with E-state index in [1.807, 2.05) is 0 Å². The Labute approximate surface area is 212 Å². The van der Waals surface area contributed by atoms with E-state index in [9.17, 15) is 17.6 Å². The molecule has 194 valence electrons. The Morgan fingerprint density at radius 2 is 1.83 bits per heavy atom. The van der Waals surface area contributed by atoms with E-state index in [0.717, 1.165) is 25.7 Å². The average Bonchev–Trinajstić information content (AvgIpc) is 3.47. The van der Waals surface area contributed by atoms with Crippen molar-refractivity contribution in [2.24, 2.45) is 7.05 Å². The number of hydrogen-bond donors (Lipinski definition) is 0. The van der Waals surface area contributed by atoms with Crippen molar-refractivity contribution in [3.05, 3.63) is 35.3 Å². The summed E-state index contributed by atoms with van der Waals surface area (Å²) in [6.07, 6.45) is 6.57. The van der Waals surface area contributed by atoms with Gasteiger partial charge in [-0.3, -0.25) is 14.4 Å². The predicted molar refractivity (Wildman–Crippen MR) is 131 cm³/mol. The summed E-state index contributed by atoms with van der Waals surface area (Å²) in [5.74, 6) is -0.206. The first-order valence-electron chi connectivity index (χ1n) is 11.7. The van der Waals surface area contributed by atoms with Crippen molar-refractivity contribution in [1.29, 1.82) is 0 Å². The van der Waals surface area contributed by atoms with Crippen LogP contribution < -0.4 is 4.74 Å². The molecule has 0 amide bonds. The zero-order chi connectivity index (χ0) is 24.5. The summed E-state index contributed by atoms with van der Waals surface area (Å²) in [6, 6.07) is 2.61. The molecule has 4 rings (SSSR count). The molecule has 0 bridgehead atoms. The van der Waals surface area contributed by atoms with Crippen molar-refractivity contribution in [3.8, 4) is 5.75 Å². The van der Waals surface area contributed by atoms with Crippen LogP contribution in [0.1, 0.15) is 54.4 Å². The third kappa shape index (κ3) is 5.52. The molecule has 1 aliphatic heterocycles. The number of sulfonamides is 1. The Balaban J connectivity index is 0.00000342. The number of ketones is 1. The standard InChI is InChI=1S/C23H32FN5O4S.ClH/c1-17-14-18(24)15-20(33-3)22(17)19(30)6-9-23(7-4-5-8-23)28-10-12-29(13-11-28)34(31,32)21-16-27(2)26-25-21;/h14-16H,4-13H2,1-3H3;1H. The minimum atomic E-state index is -3.67. The van der Waals surface area contributed by atoms with Gasteiger partial charge >= 0.3 is 0 Å². The average molecular weight is 530 g/mol. The van der Waals surface area contributed by atoms with Gasteiger partial charge in [0.25, 0.3) is 10.0 Å². The van der Waals surface area contributed by atoms with E-state index in [1.54, 1.807) is 14.0 Å². The number of halogens is 2.